The van der Waals surface area contributed by atoms with E-state index in [1.54, 1.807) is 20.3 Å². The molecule has 7 heteroatoms. The third kappa shape index (κ3) is 3.36. The second-order valence-electron chi connectivity index (χ2n) is 4.05. The van der Waals surface area contributed by atoms with Gasteiger partial charge in [-0.1, -0.05) is 0 Å². The minimum Gasteiger partial charge on any atom is -0.494 e. The fraction of sp³-hybridized carbons (Fsp3) is 0.583. The molecule has 0 spiro atoms. The van der Waals surface area contributed by atoms with Crippen LogP contribution in [0.5, 0.6) is 0 Å². The van der Waals surface area contributed by atoms with Crippen LogP contribution >= 0.6 is 12.4 Å². The van der Waals surface area contributed by atoms with Crippen molar-refractivity contribution in [2.45, 2.75) is 6.10 Å². The summed E-state index contributed by atoms with van der Waals surface area (Å²) in [4.78, 5) is 5.40. The molecule has 2 rings (SSSR count). The van der Waals surface area contributed by atoms with Gasteiger partial charge in [0.1, 0.15) is 5.76 Å². The molecule has 1 saturated heterocycles. The van der Waals surface area contributed by atoms with E-state index in [1.807, 2.05) is 6.08 Å². The number of nitrogens with zero attached hydrogens (tertiary/aromatic N) is 3. The zero-order valence-corrected chi connectivity index (χ0v) is 11.9. The van der Waals surface area contributed by atoms with Crippen LogP contribution in [0.2, 0.25) is 0 Å². The van der Waals surface area contributed by atoms with Crippen molar-refractivity contribution in [2.75, 3.05) is 40.5 Å². The predicted molar refractivity (Wildman–Crippen MR) is 72.2 cm³/mol. The summed E-state index contributed by atoms with van der Waals surface area (Å²) in [5, 5.41) is 0. The van der Waals surface area contributed by atoms with Gasteiger partial charge in [0.05, 0.1) is 32.1 Å². The van der Waals surface area contributed by atoms with E-state index in [4.69, 9.17) is 19.7 Å². The Hall–Kier alpha value is -1.33. The van der Waals surface area contributed by atoms with Crippen LogP contribution in [-0.2, 0) is 14.2 Å². The van der Waals surface area contributed by atoms with Crippen LogP contribution in [0, 0.1) is 0 Å². The molecule has 6 nitrogen and oxygen atoms in total. The summed E-state index contributed by atoms with van der Waals surface area (Å²) in [6.07, 6.45) is 3.24. The predicted octanol–water partition coefficient (Wildman–Crippen LogP) is 0.854. The quantitative estimate of drug-likeness (QED) is 0.570. The van der Waals surface area contributed by atoms with E-state index in [1.165, 1.54) is 0 Å². The van der Waals surface area contributed by atoms with Gasteiger partial charge in [-0.05, 0) is 6.08 Å². The topological polar surface area (TPSA) is 67.3 Å². The van der Waals surface area contributed by atoms with Crippen LogP contribution in [0.3, 0.4) is 0 Å². The van der Waals surface area contributed by atoms with E-state index >= 15 is 0 Å². The number of morpholine rings is 1. The Bertz CT molecular complexity index is 424. The Morgan fingerprint density at radius 2 is 2.05 bits per heavy atom. The van der Waals surface area contributed by atoms with Crippen LogP contribution in [0.25, 0.3) is 5.53 Å². The Labute approximate surface area is 118 Å². The number of ether oxygens (including phenoxy) is 3. The lowest BCUT2D eigenvalue weighted by molar-refractivity contribution is -0.0195. The van der Waals surface area contributed by atoms with Crippen LogP contribution in [-0.4, -0.2) is 62.0 Å². The van der Waals surface area contributed by atoms with Crippen LogP contribution < -0.4 is 0 Å². The zero-order valence-electron chi connectivity index (χ0n) is 11.0. The van der Waals surface area contributed by atoms with Crippen molar-refractivity contribution >= 4 is 18.1 Å². The average Bonchev–Trinajstić information content (AvgIpc) is 2.46. The first kappa shape index (κ1) is 15.7. The molecule has 0 saturated carbocycles. The molecule has 1 atom stereocenters. The Kier molecular flexibility index (Phi) is 6.05. The average molecular weight is 288 g/mol. The summed E-state index contributed by atoms with van der Waals surface area (Å²) in [7, 11) is 3.18. The van der Waals surface area contributed by atoms with Crippen molar-refractivity contribution in [3.8, 4) is 0 Å². The van der Waals surface area contributed by atoms with Gasteiger partial charge in [0.2, 0.25) is 0 Å². The summed E-state index contributed by atoms with van der Waals surface area (Å²) < 4.78 is 16.0. The lowest BCUT2D eigenvalue weighted by atomic mass is 10.0. The second-order valence-corrected chi connectivity index (χ2v) is 4.05. The lowest BCUT2D eigenvalue weighted by Crippen LogP contribution is -2.39. The minimum absolute atomic E-state index is 0. The molecule has 2 aliphatic rings. The summed E-state index contributed by atoms with van der Waals surface area (Å²) in [6.45, 7) is 3.03. The molecule has 1 fully saturated rings. The van der Waals surface area contributed by atoms with Gasteiger partial charge >= 0.3 is 5.71 Å². The largest absolute Gasteiger partial charge is 0.494 e. The molecule has 0 bridgehead atoms. The van der Waals surface area contributed by atoms with Crippen LogP contribution in [0.4, 0.5) is 0 Å². The number of hydrogen-bond acceptors (Lipinski definition) is 4. The highest BCUT2D eigenvalue weighted by Crippen LogP contribution is 2.23. The maximum Gasteiger partial charge on any atom is 0.328 e. The lowest BCUT2D eigenvalue weighted by Gasteiger charge is -2.33. The van der Waals surface area contributed by atoms with E-state index in [0.29, 0.717) is 24.7 Å². The van der Waals surface area contributed by atoms with E-state index < -0.39 is 0 Å². The third-order valence-electron chi connectivity index (χ3n) is 3.07. The van der Waals surface area contributed by atoms with Gasteiger partial charge in [0.25, 0.3) is 0 Å². The van der Waals surface area contributed by atoms with Gasteiger partial charge in [-0.15, -0.1) is 12.4 Å². The van der Waals surface area contributed by atoms with Gasteiger partial charge in [0, 0.05) is 20.2 Å². The first-order chi connectivity index (χ1) is 8.80. The molecule has 1 unspecified atom stereocenters. The van der Waals surface area contributed by atoms with Gasteiger partial charge in [-0.25, -0.2) is 0 Å². The van der Waals surface area contributed by atoms with Crippen molar-refractivity contribution in [2.24, 2.45) is 0 Å². The molecule has 0 aromatic carbocycles. The summed E-state index contributed by atoms with van der Waals surface area (Å²) in [6, 6.07) is 0. The first-order valence-electron chi connectivity index (χ1n) is 5.85. The van der Waals surface area contributed by atoms with Crippen molar-refractivity contribution in [3.63, 3.8) is 0 Å². The van der Waals surface area contributed by atoms with Crippen molar-refractivity contribution < 1.29 is 19.0 Å². The molecule has 0 N–H and O–H groups in total. The molecule has 106 valence electrons. The molecule has 1 heterocycles. The third-order valence-corrected chi connectivity index (χ3v) is 3.07. The monoisotopic (exact) mass is 287 g/mol. The Morgan fingerprint density at radius 1 is 1.37 bits per heavy atom. The fourth-order valence-electron chi connectivity index (χ4n) is 2.10. The molecule has 0 amide bonds. The number of rotatable bonds is 3. The van der Waals surface area contributed by atoms with Crippen molar-refractivity contribution in [1.29, 1.82) is 0 Å². The first-order valence-corrected chi connectivity index (χ1v) is 5.85. The summed E-state index contributed by atoms with van der Waals surface area (Å²) >= 11 is 0. The highest BCUT2D eigenvalue weighted by molar-refractivity contribution is 5.97. The molecule has 19 heavy (non-hydrogen) atoms. The molecular weight excluding hydrogens is 270 g/mol. The number of methoxy groups -OCH3 is 2. The van der Waals surface area contributed by atoms with Gasteiger partial charge in [-0.2, -0.15) is 4.79 Å². The summed E-state index contributed by atoms with van der Waals surface area (Å²) in [5.41, 5.74) is 10.3. The van der Waals surface area contributed by atoms with Crippen molar-refractivity contribution in [3.05, 3.63) is 29.1 Å². The van der Waals surface area contributed by atoms with Crippen molar-refractivity contribution in [1.82, 2.24) is 4.90 Å². The molecule has 1 aliphatic carbocycles. The number of hydrogen-bond donors (Lipinski definition) is 0. The molecule has 0 aromatic heterocycles. The minimum atomic E-state index is -0.355. The van der Waals surface area contributed by atoms with Crippen LogP contribution in [0.1, 0.15) is 0 Å². The van der Waals surface area contributed by atoms with Gasteiger partial charge in [-0.3, -0.25) is 0 Å². The molecule has 0 aromatic rings. The van der Waals surface area contributed by atoms with E-state index in [9.17, 15) is 0 Å². The maximum atomic E-state index is 8.95. The van der Waals surface area contributed by atoms with Gasteiger partial charge < -0.3 is 24.6 Å². The van der Waals surface area contributed by atoms with E-state index in [-0.39, 0.29) is 18.5 Å². The SMILES string of the molecule is COC1=CC(=[N+]=[N-])C(OC)C=C1N1CCOCC1.Cl. The fourth-order valence-corrected chi connectivity index (χ4v) is 2.10. The zero-order chi connectivity index (χ0) is 13.0. The smallest absolute Gasteiger partial charge is 0.328 e. The summed E-state index contributed by atoms with van der Waals surface area (Å²) in [5.74, 6) is 0.679. The number of halogens is 1. The van der Waals surface area contributed by atoms with E-state index in [0.717, 1.165) is 18.8 Å². The van der Waals surface area contributed by atoms with Gasteiger partial charge in [0.15, 0.2) is 6.10 Å². The van der Waals surface area contributed by atoms with Crippen LogP contribution in [0.15, 0.2) is 23.6 Å². The normalized spacial score (nSPS) is 22.9. The molecule has 1 aliphatic heterocycles. The standard InChI is InChI=1S/C12H17N3O3.ClH/c1-16-11-8-10(15-3-5-18-6-4-15)12(17-2)7-9(11)14-13;/h7-8,11H,3-6H2,1-2H3;1H. The Balaban J connectivity index is 0.00000180. The highest BCUT2D eigenvalue weighted by atomic mass is 35.5. The van der Waals surface area contributed by atoms with E-state index in [2.05, 4.69) is 9.69 Å². The molecule has 0 radical (unpaired) electrons. The Morgan fingerprint density at radius 3 is 2.58 bits per heavy atom. The molecular formula is C12H18ClN3O3. The highest BCUT2D eigenvalue weighted by Gasteiger charge is 2.30. The maximum absolute atomic E-state index is 8.95. The second kappa shape index (κ2) is 7.31.